The number of aliphatic imine (C=N–C) groups is 1. The molecular weight excluding hydrogens is 394 g/mol. The molecule has 29 heavy (non-hydrogen) atoms. The van der Waals surface area contributed by atoms with Crippen LogP contribution in [0.1, 0.15) is 36.0 Å². The van der Waals surface area contributed by atoms with E-state index in [4.69, 9.17) is 9.47 Å². The Morgan fingerprint density at radius 3 is 2.79 bits per heavy atom. The maximum atomic E-state index is 12.7. The normalized spacial score (nSPS) is 15.9. The van der Waals surface area contributed by atoms with E-state index in [1.54, 1.807) is 30.3 Å². The number of nitrogens with one attached hydrogen (secondary N) is 2. The predicted molar refractivity (Wildman–Crippen MR) is 108 cm³/mol. The van der Waals surface area contributed by atoms with E-state index in [1.807, 2.05) is 0 Å². The van der Waals surface area contributed by atoms with Gasteiger partial charge < -0.3 is 14.8 Å². The van der Waals surface area contributed by atoms with Crippen molar-refractivity contribution in [2.75, 3.05) is 18.7 Å². The minimum absolute atomic E-state index is 0.0557. The van der Waals surface area contributed by atoms with Crippen molar-refractivity contribution in [3.63, 3.8) is 0 Å². The van der Waals surface area contributed by atoms with Gasteiger partial charge in [-0.05, 0) is 43.2 Å². The molecule has 0 aromatic heterocycles. The topological polar surface area (TPSA) is 106 Å². The number of hydrogen-bond acceptors (Lipinski definition) is 6. The van der Waals surface area contributed by atoms with E-state index >= 15 is 0 Å². The number of carbonyl (C=O) groups excluding carboxylic acids is 1. The molecule has 2 aliphatic rings. The largest absolute Gasteiger partial charge is 0.454 e. The lowest BCUT2D eigenvalue weighted by Gasteiger charge is -2.12. The average Bonchev–Trinajstić information content (AvgIpc) is 3.05. The Morgan fingerprint density at radius 1 is 1.03 bits per heavy atom. The highest BCUT2D eigenvalue weighted by molar-refractivity contribution is 7.90. The van der Waals surface area contributed by atoms with Gasteiger partial charge in [0.05, 0.1) is 10.5 Å². The molecule has 0 saturated heterocycles. The van der Waals surface area contributed by atoms with E-state index in [0.29, 0.717) is 41.6 Å². The van der Waals surface area contributed by atoms with Crippen molar-refractivity contribution in [1.82, 2.24) is 4.72 Å². The number of fused-ring (bicyclic) bond motifs is 1. The molecule has 9 heteroatoms. The van der Waals surface area contributed by atoms with E-state index in [-0.39, 0.29) is 11.7 Å². The van der Waals surface area contributed by atoms with Gasteiger partial charge in [0.25, 0.3) is 15.9 Å². The molecular formula is C20H21N3O5S. The van der Waals surface area contributed by atoms with Gasteiger partial charge in [0, 0.05) is 18.7 Å². The van der Waals surface area contributed by atoms with E-state index in [1.165, 1.54) is 12.1 Å². The molecule has 0 aliphatic carbocycles. The number of para-hydroxylation sites is 1. The number of nitrogens with zero attached hydrogens (tertiary/aromatic N) is 1. The summed E-state index contributed by atoms with van der Waals surface area (Å²) in [7, 11) is -3.79. The van der Waals surface area contributed by atoms with Crippen molar-refractivity contribution in [3.8, 4) is 11.5 Å². The van der Waals surface area contributed by atoms with Crippen molar-refractivity contribution in [1.29, 1.82) is 0 Å². The minimum atomic E-state index is -3.79. The first-order valence-electron chi connectivity index (χ1n) is 9.39. The van der Waals surface area contributed by atoms with Crippen LogP contribution in [0.25, 0.3) is 0 Å². The van der Waals surface area contributed by atoms with Crippen LogP contribution < -0.4 is 19.5 Å². The third kappa shape index (κ3) is 4.34. The summed E-state index contributed by atoms with van der Waals surface area (Å²) >= 11 is 0. The zero-order chi connectivity index (χ0) is 20.3. The fourth-order valence-corrected chi connectivity index (χ4v) is 4.35. The van der Waals surface area contributed by atoms with Crippen LogP contribution in [-0.2, 0) is 10.0 Å². The second-order valence-corrected chi connectivity index (χ2v) is 8.45. The molecule has 0 unspecified atom stereocenters. The second kappa shape index (κ2) is 8.12. The molecule has 2 heterocycles. The standard InChI is InChI=1S/C20H21N3O5S/c24-20(16-8-5-9-17-19(16)28-13-27-17)22-14-6-4-7-15(12-14)29(25,26)23-18-10-2-1-3-11-21-18/h4-9,12H,1-3,10-11,13H2,(H,21,23)(H,22,24). The monoisotopic (exact) mass is 415 g/mol. The van der Waals surface area contributed by atoms with E-state index in [9.17, 15) is 13.2 Å². The van der Waals surface area contributed by atoms with Gasteiger partial charge >= 0.3 is 0 Å². The highest BCUT2D eigenvalue weighted by Gasteiger charge is 2.22. The number of hydrogen-bond donors (Lipinski definition) is 2. The lowest BCUT2D eigenvalue weighted by Crippen LogP contribution is -2.30. The van der Waals surface area contributed by atoms with Crippen LogP contribution in [0.3, 0.4) is 0 Å². The zero-order valence-electron chi connectivity index (χ0n) is 15.7. The molecule has 0 atom stereocenters. The molecule has 0 saturated carbocycles. The van der Waals surface area contributed by atoms with Crippen LogP contribution in [0.4, 0.5) is 5.69 Å². The smallest absolute Gasteiger partial charge is 0.262 e. The first kappa shape index (κ1) is 19.3. The van der Waals surface area contributed by atoms with Crippen molar-refractivity contribution in [2.24, 2.45) is 4.99 Å². The van der Waals surface area contributed by atoms with Gasteiger partial charge in [-0.3, -0.25) is 14.5 Å². The van der Waals surface area contributed by atoms with E-state index in [0.717, 1.165) is 19.3 Å². The highest BCUT2D eigenvalue weighted by Crippen LogP contribution is 2.35. The second-order valence-electron chi connectivity index (χ2n) is 6.77. The predicted octanol–water partition coefficient (Wildman–Crippen LogP) is 2.92. The van der Waals surface area contributed by atoms with Gasteiger partial charge in [-0.25, -0.2) is 8.42 Å². The Hall–Kier alpha value is -3.07. The summed E-state index contributed by atoms with van der Waals surface area (Å²) < 4.78 is 38.7. The van der Waals surface area contributed by atoms with Gasteiger partial charge in [0.2, 0.25) is 6.79 Å². The highest BCUT2D eigenvalue weighted by atomic mass is 32.2. The van der Waals surface area contributed by atoms with Gasteiger partial charge in [-0.2, -0.15) is 0 Å². The van der Waals surface area contributed by atoms with Crippen molar-refractivity contribution in [2.45, 2.75) is 30.6 Å². The summed E-state index contributed by atoms with van der Waals surface area (Å²) in [6, 6.07) is 11.1. The molecule has 2 aromatic carbocycles. The number of benzene rings is 2. The third-order valence-electron chi connectivity index (χ3n) is 4.67. The summed E-state index contributed by atoms with van der Waals surface area (Å²) in [5, 5.41) is 2.72. The first-order valence-corrected chi connectivity index (χ1v) is 10.9. The Morgan fingerprint density at radius 2 is 1.90 bits per heavy atom. The molecule has 0 radical (unpaired) electrons. The van der Waals surface area contributed by atoms with Gasteiger partial charge in [0.1, 0.15) is 5.84 Å². The van der Waals surface area contributed by atoms with Crippen LogP contribution >= 0.6 is 0 Å². The van der Waals surface area contributed by atoms with Crippen LogP contribution in [0, 0.1) is 0 Å². The Balaban J connectivity index is 1.52. The van der Waals surface area contributed by atoms with Gasteiger partial charge in [-0.1, -0.05) is 18.6 Å². The maximum Gasteiger partial charge on any atom is 0.262 e. The maximum absolute atomic E-state index is 12.7. The number of rotatable bonds is 4. The summed E-state index contributed by atoms with van der Waals surface area (Å²) in [4.78, 5) is 17.0. The summed E-state index contributed by atoms with van der Waals surface area (Å²) in [5.41, 5.74) is 0.677. The van der Waals surface area contributed by atoms with Crippen molar-refractivity contribution >= 4 is 27.5 Å². The summed E-state index contributed by atoms with van der Waals surface area (Å²) in [5.74, 6) is 0.945. The van der Waals surface area contributed by atoms with Crippen molar-refractivity contribution in [3.05, 3.63) is 48.0 Å². The molecule has 0 spiro atoms. The van der Waals surface area contributed by atoms with Crippen LogP contribution in [-0.4, -0.2) is 33.5 Å². The van der Waals surface area contributed by atoms with Gasteiger partial charge in [-0.15, -0.1) is 0 Å². The lowest BCUT2D eigenvalue weighted by molar-refractivity contribution is 0.102. The zero-order valence-corrected chi connectivity index (χ0v) is 16.5. The van der Waals surface area contributed by atoms with Gasteiger partial charge in [0.15, 0.2) is 11.5 Å². The quantitative estimate of drug-likeness (QED) is 0.799. The summed E-state index contributed by atoms with van der Waals surface area (Å²) in [6.07, 6.45) is 3.51. The lowest BCUT2D eigenvalue weighted by atomic mass is 10.1. The van der Waals surface area contributed by atoms with Crippen LogP contribution in [0.5, 0.6) is 11.5 Å². The number of ether oxygens (including phenoxy) is 2. The number of anilines is 1. The number of amidine groups is 1. The number of amides is 1. The third-order valence-corrected chi connectivity index (χ3v) is 6.05. The van der Waals surface area contributed by atoms with E-state index in [2.05, 4.69) is 15.0 Å². The SMILES string of the molecule is O=C(Nc1cccc(S(=O)(=O)NC2=NCCCCC2)c1)c1cccc2c1OCO2. The Bertz CT molecular complexity index is 1070. The summed E-state index contributed by atoms with van der Waals surface area (Å²) in [6.45, 7) is 0.685. The Labute approximate surface area is 169 Å². The van der Waals surface area contributed by atoms with E-state index < -0.39 is 15.9 Å². The molecule has 2 N–H and O–H groups in total. The number of sulfonamides is 1. The first-order chi connectivity index (χ1) is 14.0. The average molecular weight is 415 g/mol. The fourth-order valence-electron chi connectivity index (χ4n) is 3.22. The Kier molecular flexibility index (Phi) is 5.39. The minimum Gasteiger partial charge on any atom is -0.454 e. The molecule has 0 bridgehead atoms. The molecule has 2 aliphatic heterocycles. The van der Waals surface area contributed by atoms with Crippen molar-refractivity contribution < 1.29 is 22.7 Å². The molecule has 8 nitrogen and oxygen atoms in total. The van der Waals surface area contributed by atoms with Crippen LogP contribution in [0.15, 0.2) is 52.4 Å². The molecule has 1 amide bonds. The molecule has 2 aromatic rings. The fraction of sp³-hybridized carbons (Fsp3) is 0.300. The number of carbonyl (C=O) groups is 1. The molecule has 0 fully saturated rings. The molecule has 4 rings (SSSR count). The van der Waals surface area contributed by atoms with Crippen LogP contribution in [0.2, 0.25) is 0 Å². The molecule has 152 valence electrons.